The van der Waals surface area contributed by atoms with Crippen LogP contribution in [0.2, 0.25) is 0 Å². The van der Waals surface area contributed by atoms with Crippen LogP contribution in [-0.2, 0) is 20.9 Å². The van der Waals surface area contributed by atoms with E-state index in [2.05, 4.69) is 25.5 Å². The first-order chi connectivity index (χ1) is 17.2. The van der Waals surface area contributed by atoms with Crippen LogP contribution in [0.5, 0.6) is 5.75 Å². The zero-order valence-electron chi connectivity index (χ0n) is 18.7. The minimum atomic E-state index is -1.21. The van der Waals surface area contributed by atoms with Crippen molar-refractivity contribution in [3.05, 3.63) is 56.0 Å². The highest BCUT2D eigenvalue weighted by Gasteiger charge is 2.54. The first-order valence-corrected chi connectivity index (χ1v) is 13.3. The lowest BCUT2D eigenvalue weighted by atomic mass is 10.00. The van der Waals surface area contributed by atoms with E-state index in [0.29, 0.717) is 32.5 Å². The summed E-state index contributed by atoms with van der Waals surface area (Å²) >= 11 is 4.12. The number of aryl methyl sites for hydroxylation is 1. The third kappa shape index (κ3) is 5.12. The molecule has 36 heavy (non-hydrogen) atoms. The van der Waals surface area contributed by atoms with Gasteiger partial charge in [-0.15, -0.1) is 22.0 Å². The van der Waals surface area contributed by atoms with Gasteiger partial charge in [0.2, 0.25) is 5.91 Å². The molecule has 4 rings (SSSR count). The molecule has 5 N–H and O–H groups in total. The molecule has 3 unspecified atom stereocenters. The molecule has 3 heterocycles. The van der Waals surface area contributed by atoms with Crippen molar-refractivity contribution in [1.82, 2.24) is 20.4 Å². The molecule has 13 nitrogen and oxygen atoms in total. The maximum Gasteiger partial charge on any atom is 0.352 e. The van der Waals surface area contributed by atoms with Gasteiger partial charge in [0.05, 0.1) is 6.54 Å². The normalized spacial score (nSPS) is 19.7. The fourth-order valence-corrected chi connectivity index (χ4v) is 7.01. The molecule has 0 bridgehead atoms. The molecule has 2 aromatic rings. The third-order valence-electron chi connectivity index (χ3n) is 5.47. The number of nitrogens with one attached hydrogen (secondary N) is 1. The molecule has 3 atom stereocenters. The molecule has 1 fully saturated rings. The highest BCUT2D eigenvalue weighted by molar-refractivity contribution is 8.01. The summed E-state index contributed by atoms with van der Waals surface area (Å²) in [6, 6.07) is 2.15. The largest absolute Gasteiger partial charge is 0.508 e. The number of nitrogens with two attached hydrogens (primary N) is 1. The number of phenols is 1. The second kappa shape index (κ2) is 10.8. The number of benzene rings is 1. The van der Waals surface area contributed by atoms with E-state index in [1.54, 1.807) is 0 Å². The van der Waals surface area contributed by atoms with Crippen molar-refractivity contribution in [2.45, 2.75) is 35.3 Å². The number of aliphatic carboxylic acids is 1. The summed E-state index contributed by atoms with van der Waals surface area (Å²) in [4.78, 5) is 41.6. The first kappa shape index (κ1) is 25.8. The number of carbonyl (C=O) groups is 3. The van der Waals surface area contributed by atoms with Gasteiger partial charge in [0.1, 0.15) is 33.9 Å². The topological polar surface area (TPSA) is 207 Å². The third-order valence-corrected chi connectivity index (χ3v) is 8.87. The summed E-state index contributed by atoms with van der Waals surface area (Å²) in [7, 11) is 0. The number of aromatic hydroxyl groups is 1. The summed E-state index contributed by atoms with van der Waals surface area (Å²) in [5, 5.41) is 33.9. The Morgan fingerprint density at radius 3 is 2.89 bits per heavy atom. The summed E-state index contributed by atoms with van der Waals surface area (Å²) in [5.41, 5.74) is 15.7. The maximum absolute atomic E-state index is 12.9. The molecule has 2 aliphatic heterocycles. The molecule has 0 spiro atoms. The van der Waals surface area contributed by atoms with Crippen LogP contribution in [0.4, 0.5) is 0 Å². The zero-order valence-corrected chi connectivity index (χ0v) is 21.1. The van der Waals surface area contributed by atoms with Gasteiger partial charge in [0, 0.05) is 16.4 Å². The van der Waals surface area contributed by atoms with Gasteiger partial charge in [-0.2, -0.15) is 0 Å². The van der Waals surface area contributed by atoms with Crippen molar-refractivity contribution in [2.75, 3.05) is 11.5 Å². The number of amides is 2. The Morgan fingerprint density at radius 2 is 2.22 bits per heavy atom. The van der Waals surface area contributed by atoms with Gasteiger partial charge in [-0.1, -0.05) is 34.3 Å². The number of aromatic nitrogens is 2. The molecule has 2 aliphatic rings. The highest BCUT2D eigenvalue weighted by Crippen LogP contribution is 2.42. The number of carboxylic acids is 1. The number of azide groups is 1. The van der Waals surface area contributed by atoms with E-state index in [4.69, 9.17) is 11.3 Å². The SMILES string of the molecule is Cc1nnc(SCC2=C(C(=O)O)N3C(=O)C(NC(=O)C(N)c4ccc(O)c(CN=[N+]=[N-])c4)C3SC2)s1. The van der Waals surface area contributed by atoms with Gasteiger partial charge in [-0.25, -0.2) is 4.79 Å². The van der Waals surface area contributed by atoms with Crippen LogP contribution in [-0.4, -0.2) is 66.0 Å². The molecule has 0 radical (unpaired) electrons. The molecular formula is C20H20N8O5S3. The van der Waals surface area contributed by atoms with E-state index in [-0.39, 0.29) is 18.0 Å². The minimum Gasteiger partial charge on any atom is -0.508 e. The van der Waals surface area contributed by atoms with Crippen LogP contribution in [0.1, 0.15) is 22.2 Å². The molecule has 16 heteroatoms. The lowest BCUT2D eigenvalue weighted by Gasteiger charge is -2.49. The number of thioether (sulfide) groups is 2. The number of carboxylic acid groups (broad SMARTS) is 1. The molecular weight excluding hydrogens is 528 g/mol. The van der Waals surface area contributed by atoms with Crippen LogP contribution in [0.15, 0.2) is 38.9 Å². The second-order valence-corrected chi connectivity index (χ2v) is 11.3. The Balaban J connectivity index is 1.45. The molecule has 1 aromatic carbocycles. The van der Waals surface area contributed by atoms with E-state index in [1.165, 1.54) is 58.0 Å². The summed E-state index contributed by atoms with van der Waals surface area (Å²) in [6.45, 7) is 1.70. The van der Waals surface area contributed by atoms with E-state index < -0.39 is 35.2 Å². The minimum absolute atomic E-state index is 0.0755. The monoisotopic (exact) mass is 548 g/mol. The van der Waals surface area contributed by atoms with Crippen molar-refractivity contribution in [1.29, 1.82) is 0 Å². The lowest BCUT2D eigenvalue weighted by molar-refractivity contribution is -0.150. The predicted octanol–water partition coefficient (Wildman–Crippen LogP) is 1.89. The maximum atomic E-state index is 12.9. The van der Waals surface area contributed by atoms with Gasteiger partial charge in [0.15, 0.2) is 4.34 Å². The number of hydrogen-bond acceptors (Lipinski definition) is 11. The van der Waals surface area contributed by atoms with Crippen LogP contribution < -0.4 is 11.1 Å². The summed E-state index contributed by atoms with van der Waals surface area (Å²) < 4.78 is 0.711. The van der Waals surface area contributed by atoms with Crippen LogP contribution in [0.3, 0.4) is 0 Å². The smallest absolute Gasteiger partial charge is 0.352 e. The molecule has 0 saturated carbocycles. The van der Waals surface area contributed by atoms with E-state index >= 15 is 0 Å². The van der Waals surface area contributed by atoms with E-state index in [0.717, 1.165) is 5.01 Å². The Labute approximate surface area is 216 Å². The van der Waals surface area contributed by atoms with Gasteiger partial charge >= 0.3 is 5.97 Å². The first-order valence-electron chi connectivity index (χ1n) is 10.4. The van der Waals surface area contributed by atoms with Gasteiger partial charge in [-0.05, 0) is 41.3 Å². The van der Waals surface area contributed by atoms with Gasteiger partial charge < -0.3 is 21.3 Å². The van der Waals surface area contributed by atoms with Crippen LogP contribution in [0.25, 0.3) is 10.4 Å². The van der Waals surface area contributed by atoms with E-state index in [1.807, 2.05) is 6.92 Å². The highest BCUT2D eigenvalue weighted by atomic mass is 32.2. The summed E-state index contributed by atoms with van der Waals surface area (Å²) in [5.74, 6) is -1.76. The molecule has 188 valence electrons. The number of phenolic OH excluding ortho intramolecular Hbond substituents is 1. The van der Waals surface area contributed by atoms with Crippen molar-refractivity contribution in [2.24, 2.45) is 10.8 Å². The number of β-lactam (4-membered cyclic amide) rings is 1. The fraction of sp³-hybridized carbons (Fsp3) is 0.350. The van der Waals surface area contributed by atoms with Crippen molar-refractivity contribution >= 4 is 52.6 Å². The van der Waals surface area contributed by atoms with Crippen molar-refractivity contribution in [3.63, 3.8) is 0 Å². The van der Waals surface area contributed by atoms with Crippen molar-refractivity contribution in [3.8, 4) is 5.75 Å². The second-order valence-electron chi connectivity index (χ2n) is 7.78. The Hall–Kier alpha value is -3.30. The number of carbonyl (C=O) groups excluding carboxylic acids is 2. The Kier molecular flexibility index (Phi) is 7.70. The summed E-state index contributed by atoms with van der Waals surface area (Å²) in [6.07, 6.45) is 0. The molecule has 1 saturated heterocycles. The average Bonchev–Trinajstić information content (AvgIpc) is 3.29. The number of fused-ring (bicyclic) bond motifs is 1. The lowest BCUT2D eigenvalue weighted by Crippen LogP contribution is -2.71. The van der Waals surface area contributed by atoms with Crippen LogP contribution >= 0.6 is 34.9 Å². The fourth-order valence-electron chi connectivity index (χ4n) is 3.71. The number of nitrogens with zero attached hydrogens (tertiary/aromatic N) is 6. The van der Waals surface area contributed by atoms with Gasteiger partial charge in [0.25, 0.3) is 5.91 Å². The molecule has 1 aromatic heterocycles. The molecule has 0 aliphatic carbocycles. The average molecular weight is 549 g/mol. The number of hydrogen-bond donors (Lipinski definition) is 4. The number of rotatable bonds is 9. The zero-order chi connectivity index (χ0) is 26.0. The predicted molar refractivity (Wildman–Crippen MR) is 133 cm³/mol. The van der Waals surface area contributed by atoms with Gasteiger partial charge in [-0.3, -0.25) is 14.5 Å². The van der Waals surface area contributed by atoms with E-state index in [9.17, 15) is 24.6 Å². The Morgan fingerprint density at radius 1 is 1.44 bits per heavy atom. The van der Waals surface area contributed by atoms with Crippen molar-refractivity contribution < 1.29 is 24.6 Å². The Bertz CT molecular complexity index is 1310. The quantitative estimate of drug-likeness (QED) is 0.118. The standard InChI is InChI=1S/C20H20N8O5S3/c1-8-25-26-20(36-8)35-7-11-6-34-18-14(17(31)28(18)15(11)19(32)33)24-16(30)13(21)9-2-3-12(29)10(4-9)5-23-27-22/h2-4,13-14,18,29H,5-7,21H2,1H3,(H,24,30)(H,32,33). The van der Waals surface area contributed by atoms with Crippen LogP contribution in [0, 0.1) is 6.92 Å². The molecule has 2 amide bonds.